The second-order valence-electron chi connectivity index (χ2n) is 5.83. The number of hydrogen-bond donors (Lipinski definition) is 1. The first kappa shape index (κ1) is 13.1. The monoisotopic (exact) mass is 260 g/mol. The van der Waals surface area contributed by atoms with Crippen molar-refractivity contribution in [1.82, 2.24) is 10.2 Å². The third-order valence-corrected chi connectivity index (χ3v) is 4.33. The zero-order chi connectivity index (χ0) is 13.2. The molecule has 1 aromatic rings. The van der Waals surface area contributed by atoms with E-state index in [-0.39, 0.29) is 6.10 Å². The summed E-state index contributed by atoms with van der Waals surface area (Å²) in [6, 6.07) is 9.59. The molecular weight excluding hydrogens is 236 g/mol. The Hall–Kier alpha value is -0.900. The quantitative estimate of drug-likeness (QED) is 0.898. The van der Waals surface area contributed by atoms with E-state index in [0.717, 1.165) is 25.6 Å². The zero-order valence-electron chi connectivity index (χ0n) is 11.9. The van der Waals surface area contributed by atoms with Crippen LogP contribution in [0, 0.1) is 0 Å². The molecule has 2 atom stereocenters. The second kappa shape index (κ2) is 5.61. The fourth-order valence-electron chi connectivity index (χ4n) is 3.09. The molecule has 2 unspecified atom stereocenters. The van der Waals surface area contributed by atoms with Crippen LogP contribution in [-0.2, 0) is 4.74 Å². The Morgan fingerprint density at radius 3 is 2.53 bits per heavy atom. The summed E-state index contributed by atoms with van der Waals surface area (Å²) in [6.07, 6.45) is 2.98. The summed E-state index contributed by atoms with van der Waals surface area (Å²) < 4.78 is 5.94. The van der Waals surface area contributed by atoms with Crippen molar-refractivity contribution in [3.05, 3.63) is 35.4 Å². The number of likely N-dealkylation sites (N-methyl/N-ethyl adjacent to an activating group) is 2. The fraction of sp³-hybridized carbons (Fsp3) is 0.625. The molecule has 1 aromatic carbocycles. The topological polar surface area (TPSA) is 24.5 Å². The molecule has 19 heavy (non-hydrogen) atoms. The van der Waals surface area contributed by atoms with Crippen LogP contribution in [0.1, 0.15) is 35.9 Å². The zero-order valence-corrected chi connectivity index (χ0v) is 11.9. The van der Waals surface area contributed by atoms with E-state index in [2.05, 4.69) is 41.5 Å². The third kappa shape index (κ3) is 2.83. The predicted molar refractivity (Wildman–Crippen MR) is 77.5 cm³/mol. The highest BCUT2D eigenvalue weighted by Crippen LogP contribution is 2.40. The molecular formula is C16H24N2O. The summed E-state index contributed by atoms with van der Waals surface area (Å²) in [5, 5.41) is 3.25. The van der Waals surface area contributed by atoms with Crippen LogP contribution in [0.5, 0.6) is 0 Å². The molecule has 0 amide bonds. The van der Waals surface area contributed by atoms with Crippen molar-refractivity contribution in [2.24, 2.45) is 0 Å². The van der Waals surface area contributed by atoms with Crippen LogP contribution in [0.25, 0.3) is 0 Å². The number of nitrogens with zero attached hydrogens (tertiary/aromatic N) is 1. The standard InChI is InChI=1S/C16H24N2O/c1-17-11-15-16(18(2)9-10-19-15)14-7-5-13(6-8-14)12-3-4-12/h5-8,12,15-17H,3-4,9-11H2,1-2H3. The van der Waals surface area contributed by atoms with Crippen LogP contribution in [0.15, 0.2) is 24.3 Å². The molecule has 0 spiro atoms. The molecule has 1 aliphatic heterocycles. The summed E-state index contributed by atoms with van der Waals surface area (Å²) in [7, 11) is 4.19. The maximum atomic E-state index is 5.94. The lowest BCUT2D eigenvalue weighted by atomic mass is 9.96. The van der Waals surface area contributed by atoms with E-state index >= 15 is 0 Å². The van der Waals surface area contributed by atoms with Gasteiger partial charge in [0.05, 0.1) is 18.8 Å². The van der Waals surface area contributed by atoms with E-state index in [9.17, 15) is 0 Å². The lowest BCUT2D eigenvalue weighted by Crippen LogP contribution is -2.46. The minimum absolute atomic E-state index is 0.246. The van der Waals surface area contributed by atoms with Gasteiger partial charge >= 0.3 is 0 Å². The molecule has 3 heteroatoms. The van der Waals surface area contributed by atoms with Crippen LogP contribution in [0.2, 0.25) is 0 Å². The smallest absolute Gasteiger partial charge is 0.0896 e. The SMILES string of the molecule is CNCC1OCCN(C)C1c1ccc(C2CC2)cc1. The maximum Gasteiger partial charge on any atom is 0.0896 e. The third-order valence-electron chi connectivity index (χ3n) is 4.33. The summed E-state index contributed by atoms with van der Waals surface area (Å²) in [6.45, 7) is 2.74. The van der Waals surface area contributed by atoms with Gasteiger partial charge in [-0.3, -0.25) is 4.90 Å². The van der Waals surface area contributed by atoms with Gasteiger partial charge in [-0.1, -0.05) is 24.3 Å². The number of nitrogens with one attached hydrogen (secondary N) is 1. The van der Waals surface area contributed by atoms with Gasteiger partial charge in [-0.15, -0.1) is 0 Å². The van der Waals surface area contributed by atoms with E-state index in [4.69, 9.17) is 4.74 Å². The van der Waals surface area contributed by atoms with Crippen LogP contribution in [-0.4, -0.2) is 44.8 Å². The molecule has 1 N–H and O–H groups in total. The molecule has 104 valence electrons. The number of morpholine rings is 1. The van der Waals surface area contributed by atoms with E-state index in [0.29, 0.717) is 6.04 Å². The van der Waals surface area contributed by atoms with Gasteiger partial charge < -0.3 is 10.1 Å². The van der Waals surface area contributed by atoms with Gasteiger partial charge in [0.1, 0.15) is 0 Å². The molecule has 1 saturated carbocycles. The van der Waals surface area contributed by atoms with Crippen molar-refractivity contribution < 1.29 is 4.74 Å². The molecule has 3 rings (SSSR count). The molecule has 1 heterocycles. The Labute approximate surface area is 115 Å². The van der Waals surface area contributed by atoms with Gasteiger partial charge in [0.25, 0.3) is 0 Å². The molecule has 2 aliphatic rings. The predicted octanol–water partition coefficient (Wildman–Crippen LogP) is 2.16. The van der Waals surface area contributed by atoms with Crippen LogP contribution >= 0.6 is 0 Å². The normalized spacial score (nSPS) is 28.5. The highest BCUT2D eigenvalue weighted by atomic mass is 16.5. The van der Waals surface area contributed by atoms with Crippen LogP contribution in [0.4, 0.5) is 0 Å². The number of rotatable bonds is 4. The van der Waals surface area contributed by atoms with E-state index < -0.39 is 0 Å². The van der Waals surface area contributed by atoms with Gasteiger partial charge in [-0.2, -0.15) is 0 Å². The molecule has 2 fully saturated rings. The summed E-state index contributed by atoms with van der Waals surface area (Å²) in [4.78, 5) is 2.41. The molecule has 1 saturated heterocycles. The fourth-order valence-corrected chi connectivity index (χ4v) is 3.09. The van der Waals surface area contributed by atoms with Crippen molar-refractivity contribution in [2.75, 3.05) is 33.8 Å². The van der Waals surface area contributed by atoms with E-state index in [1.807, 2.05) is 7.05 Å². The van der Waals surface area contributed by atoms with E-state index in [1.165, 1.54) is 24.0 Å². The average molecular weight is 260 g/mol. The number of ether oxygens (including phenoxy) is 1. The van der Waals surface area contributed by atoms with Crippen molar-refractivity contribution in [2.45, 2.75) is 30.9 Å². The number of benzene rings is 1. The minimum atomic E-state index is 0.246. The van der Waals surface area contributed by atoms with Gasteiger partial charge in [-0.25, -0.2) is 0 Å². The molecule has 1 aliphatic carbocycles. The number of hydrogen-bond acceptors (Lipinski definition) is 3. The van der Waals surface area contributed by atoms with Crippen LogP contribution < -0.4 is 5.32 Å². The van der Waals surface area contributed by atoms with E-state index in [1.54, 1.807) is 0 Å². The lowest BCUT2D eigenvalue weighted by molar-refractivity contribution is -0.0606. The summed E-state index contributed by atoms with van der Waals surface area (Å²) in [5.41, 5.74) is 2.89. The Bertz CT molecular complexity index is 411. The first-order chi connectivity index (χ1) is 9.29. The molecule has 0 aromatic heterocycles. The molecule has 0 radical (unpaired) electrons. The highest BCUT2D eigenvalue weighted by molar-refractivity contribution is 5.30. The average Bonchev–Trinajstić information content (AvgIpc) is 3.24. The maximum absolute atomic E-state index is 5.94. The minimum Gasteiger partial charge on any atom is -0.374 e. The molecule has 0 bridgehead atoms. The van der Waals surface area contributed by atoms with Crippen molar-refractivity contribution in [3.63, 3.8) is 0 Å². The Kier molecular flexibility index (Phi) is 3.87. The Balaban J connectivity index is 1.79. The summed E-state index contributed by atoms with van der Waals surface area (Å²) in [5.74, 6) is 0.836. The van der Waals surface area contributed by atoms with Gasteiger partial charge in [0, 0.05) is 13.1 Å². The van der Waals surface area contributed by atoms with Crippen molar-refractivity contribution in [3.8, 4) is 0 Å². The summed E-state index contributed by atoms with van der Waals surface area (Å²) >= 11 is 0. The van der Waals surface area contributed by atoms with Gasteiger partial charge in [0.2, 0.25) is 0 Å². The lowest BCUT2D eigenvalue weighted by Gasteiger charge is -2.39. The Morgan fingerprint density at radius 2 is 1.89 bits per heavy atom. The van der Waals surface area contributed by atoms with Crippen molar-refractivity contribution in [1.29, 1.82) is 0 Å². The van der Waals surface area contributed by atoms with Gasteiger partial charge in [-0.05, 0) is 44.0 Å². The largest absolute Gasteiger partial charge is 0.374 e. The van der Waals surface area contributed by atoms with Crippen LogP contribution in [0.3, 0.4) is 0 Å². The second-order valence-corrected chi connectivity index (χ2v) is 5.83. The first-order valence-electron chi connectivity index (χ1n) is 7.36. The molecule has 3 nitrogen and oxygen atoms in total. The Morgan fingerprint density at radius 1 is 1.21 bits per heavy atom. The first-order valence-corrected chi connectivity index (χ1v) is 7.36. The highest BCUT2D eigenvalue weighted by Gasteiger charge is 2.31. The van der Waals surface area contributed by atoms with Crippen molar-refractivity contribution >= 4 is 0 Å². The van der Waals surface area contributed by atoms with Gasteiger partial charge in [0.15, 0.2) is 0 Å².